The van der Waals surface area contributed by atoms with Crippen molar-refractivity contribution < 1.29 is 0 Å². The van der Waals surface area contributed by atoms with E-state index in [2.05, 4.69) is 36.2 Å². The molecule has 0 saturated heterocycles. The maximum Gasteiger partial charge on any atom is 0.131 e. The molecule has 2 aromatic rings. The van der Waals surface area contributed by atoms with Crippen molar-refractivity contribution in [1.29, 1.82) is 0 Å². The molecule has 0 N–H and O–H groups in total. The molecule has 0 spiro atoms. The van der Waals surface area contributed by atoms with Crippen LogP contribution in [0.25, 0.3) is 11.3 Å². The smallest absolute Gasteiger partial charge is 0.131 e. The highest BCUT2D eigenvalue weighted by molar-refractivity contribution is 5.61. The fourth-order valence-electron chi connectivity index (χ4n) is 6.09. The molecule has 3 fully saturated rings. The average molecular weight is 447 g/mol. The van der Waals surface area contributed by atoms with Crippen LogP contribution in [0.15, 0.2) is 30.1 Å². The number of nitrogens with zero attached hydrogens (tertiary/aromatic N) is 4. The zero-order chi connectivity index (χ0) is 22.6. The Kier molecular flexibility index (Phi) is 7.27. The molecule has 2 heterocycles. The Morgan fingerprint density at radius 2 is 1.82 bits per heavy atom. The van der Waals surface area contributed by atoms with Gasteiger partial charge >= 0.3 is 0 Å². The van der Waals surface area contributed by atoms with Gasteiger partial charge in [-0.1, -0.05) is 31.4 Å². The van der Waals surface area contributed by atoms with Crippen LogP contribution in [0.5, 0.6) is 0 Å². The molecule has 4 nitrogen and oxygen atoms in total. The first-order valence-electron chi connectivity index (χ1n) is 13.7. The molecule has 3 aliphatic carbocycles. The van der Waals surface area contributed by atoms with E-state index in [0.717, 1.165) is 35.7 Å². The van der Waals surface area contributed by atoms with Crippen molar-refractivity contribution in [2.75, 3.05) is 0 Å². The fraction of sp³-hybridized carbons (Fsp3) is 0.690. The van der Waals surface area contributed by atoms with Crippen LogP contribution in [0, 0.1) is 17.8 Å². The molecule has 0 amide bonds. The van der Waals surface area contributed by atoms with E-state index in [1.165, 1.54) is 94.7 Å². The van der Waals surface area contributed by atoms with Gasteiger partial charge in [-0.05, 0) is 101 Å². The van der Waals surface area contributed by atoms with Crippen LogP contribution in [0.1, 0.15) is 108 Å². The van der Waals surface area contributed by atoms with E-state index in [-0.39, 0.29) is 0 Å². The van der Waals surface area contributed by atoms with E-state index >= 15 is 0 Å². The highest BCUT2D eigenvalue weighted by Gasteiger charge is 2.26. The second-order valence-electron chi connectivity index (χ2n) is 11.2. The standard InChI is InChI=1S/C29H42N4/c1-21(6-5-9-22-10-12-24(13-11-22)18-23-7-3-4-8-23)29-30-17-16-27(32-29)26-20-31-33(2)28(26)19-25-14-15-25/h16-18,20-22,24-25H,3-15,19H2,1-2H3. The summed E-state index contributed by atoms with van der Waals surface area (Å²) in [7, 11) is 2.06. The van der Waals surface area contributed by atoms with Crippen LogP contribution >= 0.6 is 0 Å². The molecule has 3 saturated carbocycles. The second kappa shape index (κ2) is 10.5. The van der Waals surface area contributed by atoms with E-state index < -0.39 is 0 Å². The van der Waals surface area contributed by atoms with Gasteiger partial charge in [-0.25, -0.2) is 9.97 Å². The minimum absolute atomic E-state index is 0.414. The number of aromatic nitrogens is 4. The van der Waals surface area contributed by atoms with E-state index in [0.29, 0.717) is 5.92 Å². The summed E-state index contributed by atoms with van der Waals surface area (Å²) in [6.07, 6.45) is 25.6. The van der Waals surface area contributed by atoms with Gasteiger partial charge in [-0.2, -0.15) is 5.10 Å². The minimum Gasteiger partial charge on any atom is -0.272 e. The molecule has 0 bridgehead atoms. The molecular weight excluding hydrogens is 404 g/mol. The summed E-state index contributed by atoms with van der Waals surface area (Å²) in [5.41, 5.74) is 5.34. The van der Waals surface area contributed by atoms with Crippen molar-refractivity contribution >= 4 is 0 Å². The van der Waals surface area contributed by atoms with Crippen LogP contribution in [0.4, 0.5) is 0 Å². The first-order valence-corrected chi connectivity index (χ1v) is 13.7. The lowest BCUT2D eigenvalue weighted by molar-refractivity contribution is 0.286. The molecule has 2 aromatic heterocycles. The Bertz CT molecular complexity index is 938. The first kappa shape index (κ1) is 22.8. The Labute approximate surface area is 200 Å². The zero-order valence-electron chi connectivity index (χ0n) is 20.8. The van der Waals surface area contributed by atoms with Crippen molar-refractivity contribution in [1.82, 2.24) is 19.7 Å². The zero-order valence-corrected chi connectivity index (χ0v) is 20.8. The molecule has 4 heteroatoms. The van der Waals surface area contributed by atoms with Crippen LogP contribution in [0.2, 0.25) is 0 Å². The van der Waals surface area contributed by atoms with Crippen LogP contribution in [0.3, 0.4) is 0 Å². The van der Waals surface area contributed by atoms with Crippen LogP contribution < -0.4 is 0 Å². The maximum atomic E-state index is 5.00. The second-order valence-corrected chi connectivity index (χ2v) is 11.2. The summed E-state index contributed by atoms with van der Waals surface area (Å²) in [6, 6.07) is 2.06. The molecule has 0 aliphatic heterocycles. The van der Waals surface area contributed by atoms with E-state index in [9.17, 15) is 0 Å². The van der Waals surface area contributed by atoms with Crippen molar-refractivity contribution in [3.63, 3.8) is 0 Å². The minimum atomic E-state index is 0.414. The van der Waals surface area contributed by atoms with Gasteiger partial charge in [0.05, 0.1) is 11.9 Å². The number of hydrogen-bond donors (Lipinski definition) is 0. The summed E-state index contributed by atoms with van der Waals surface area (Å²) < 4.78 is 2.04. The molecule has 33 heavy (non-hydrogen) atoms. The third-order valence-corrected chi connectivity index (χ3v) is 8.49. The summed E-state index contributed by atoms with van der Waals surface area (Å²) in [4.78, 5) is 9.65. The number of hydrogen-bond acceptors (Lipinski definition) is 3. The van der Waals surface area contributed by atoms with Gasteiger partial charge in [0, 0.05) is 30.4 Å². The normalized spacial score (nSPS) is 24.2. The van der Waals surface area contributed by atoms with E-state index in [1.807, 2.05) is 17.1 Å². The largest absolute Gasteiger partial charge is 0.272 e. The molecule has 0 radical (unpaired) electrons. The van der Waals surface area contributed by atoms with Crippen molar-refractivity contribution in [2.45, 2.75) is 103 Å². The van der Waals surface area contributed by atoms with Gasteiger partial charge in [-0.15, -0.1) is 0 Å². The third kappa shape index (κ3) is 5.94. The van der Waals surface area contributed by atoms with Gasteiger partial charge in [-0.3, -0.25) is 4.68 Å². The highest BCUT2D eigenvalue weighted by Crippen LogP contribution is 2.37. The quantitative estimate of drug-likeness (QED) is 0.377. The topological polar surface area (TPSA) is 43.6 Å². The lowest BCUT2D eigenvalue weighted by atomic mass is 9.79. The predicted molar refractivity (Wildman–Crippen MR) is 135 cm³/mol. The fourth-order valence-corrected chi connectivity index (χ4v) is 6.09. The van der Waals surface area contributed by atoms with Crippen molar-refractivity contribution in [2.24, 2.45) is 24.8 Å². The Balaban J connectivity index is 1.11. The molecule has 3 aliphatic rings. The molecular formula is C29H42N4. The lowest BCUT2D eigenvalue weighted by Gasteiger charge is -2.27. The number of rotatable bonds is 9. The van der Waals surface area contributed by atoms with E-state index in [1.54, 1.807) is 5.57 Å². The summed E-state index contributed by atoms with van der Waals surface area (Å²) in [5, 5.41) is 4.54. The van der Waals surface area contributed by atoms with Gasteiger partial charge in [0.25, 0.3) is 0 Å². The SMILES string of the molecule is CC(CCCC1CCC(C=C2CCCC2)CC1)c1nccc(-c2cnn(C)c2CC2CC2)n1. The van der Waals surface area contributed by atoms with Crippen LogP contribution in [-0.4, -0.2) is 19.7 Å². The van der Waals surface area contributed by atoms with Gasteiger partial charge in [0.2, 0.25) is 0 Å². The lowest BCUT2D eigenvalue weighted by Crippen LogP contribution is -2.13. The molecule has 0 aromatic carbocycles. The van der Waals surface area contributed by atoms with Crippen molar-refractivity contribution in [3.8, 4) is 11.3 Å². The summed E-state index contributed by atoms with van der Waals surface area (Å²) in [5.74, 6) is 4.07. The van der Waals surface area contributed by atoms with Crippen LogP contribution in [-0.2, 0) is 13.5 Å². The maximum absolute atomic E-state index is 5.00. The summed E-state index contributed by atoms with van der Waals surface area (Å²) >= 11 is 0. The predicted octanol–water partition coefficient (Wildman–Crippen LogP) is 7.41. The molecule has 1 unspecified atom stereocenters. The summed E-state index contributed by atoms with van der Waals surface area (Å²) in [6.45, 7) is 2.30. The van der Waals surface area contributed by atoms with Crippen molar-refractivity contribution in [3.05, 3.63) is 41.6 Å². The van der Waals surface area contributed by atoms with Gasteiger partial charge in [0.15, 0.2) is 0 Å². The first-order chi connectivity index (χ1) is 16.2. The number of allylic oxidation sites excluding steroid dienone is 2. The third-order valence-electron chi connectivity index (χ3n) is 8.49. The Morgan fingerprint density at radius 1 is 1.06 bits per heavy atom. The Hall–Kier alpha value is -1.97. The van der Waals surface area contributed by atoms with E-state index in [4.69, 9.17) is 4.98 Å². The monoisotopic (exact) mass is 446 g/mol. The Morgan fingerprint density at radius 3 is 2.58 bits per heavy atom. The molecule has 5 rings (SSSR count). The molecule has 178 valence electrons. The van der Waals surface area contributed by atoms with Gasteiger partial charge in [0.1, 0.15) is 5.82 Å². The highest BCUT2D eigenvalue weighted by atomic mass is 15.3. The molecule has 1 atom stereocenters. The average Bonchev–Trinajstić information content (AvgIpc) is 3.37. The van der Waals surface area contributed by atoms with Gasteiger partial charge < -0.3 is 0 Å². The number of aryl methyl sites for hydroxylation is 1.